The van der Waals surface area contributed by atoms with Gasteiger partial charge < -0.3 is 16.2 Å². The minimum Gasteiger partial charge on any atom is -0.474 e. The molecule has 0 aliphatic rings. The third-order valence-corrected chi connectivity index (χ3v) is 2.38. The fourth-order valence-electron chi connectivity index (χ4n) is 1.40. The second kappa shape index (κ2) is 6.48. The van der Waals surface area contributed by atoms with Crippen molar-refractivity contribution in [3.05, 3.63) is 33.9 Å². The van der Waals surface area contributed by atoms with Gasteiger partial charge in [-0.05, 0) is 18.6 Å². The number of imide groups is 1. The first kappa shape index (κ1) is 15.4. The molecule has 1 unspecified atom stereocenters. The molecule has 0 spiro atoms. The van der Waals surface area contributed by atoms with Crippen molar-refractivity contribution in [2.75, 3.05) is 0 Å². The minimum absolute atomic E-state index is 0.106. The van der Waals surface area contributed by atoms with E-state index >= 15 is 0 Å². The third kappa shape index (κ3) is 3.92. The molecule has 1 aromatic carbocycles. The number of urea groups is 1. The molecule has 20 heavy (non-hydrogen) atoms. The lowest BCUT2D eigenvalue weighted by Crippen LogP contribution is -2.42. The number of hydrogen-bond acceptors (Lipinski definition) is 6. The molecule has 0 radical (unpaired) electrons. The maximum absolute atomic E-state index is 11.5. The quantitative estimate of drug-likeness (QED) is 0.511. The summed E-state index contributed by atoms with van der Waals surface area (Å²) in [7, 11) is 0. The van der Waals surface area contributed by atoms with Gasteiger partial charge in [-0.3, -0.25) is 20.2 Å². The first-order valence-electron chi connectivity index (χ1n) is 5.59. The number of nitrogens with one attached hydrogen (secondary N) is 1. The zero-order valence-corrected chi connectivity index (χ0v) is 10.7. The van der Waals surface area contributed by atoms with Crippen LogP contribution in [0.5, 0.6) is 5.75 Å². The van der Waals surface area contributed by atoms with E-state index in [1.54, 1.807) is 0 Å². The molecule has 0 saturated heterocycles. The number of amides is 3. The molecule has 0 aliphatic carbocycles. The van der Waals surface area contributed by atoms with Gasteiger partial charge in [0.05, 0.1) is 4.92 Å². The van der Waals surface area contributed by atoms with E-state index in [0.717, 1.165) is 0 Å². The number of nitro benzene ring substituents is 1. The molecule has 108 valence electrons. The number of nitro groups is 1. The van der Waals surface area contributed by atoms with E-state index in [2.05, 4.69) is 0 Å². The van der Waals surface area contributed by atoms with Gasteiger partial charge in [-0.25, -0.2) is 4.79 Å². The SMILES string of the molecule is CC(Oc1cc(CN)ccc1[N+](=O)[O-])C(=O)NC(N)=O. The summed E-state index contributed by atoms with van der Waals surface area (Å²) in [6.07, 6.45) is -1.13. The van der Waals surface area contributed by atoms with Crippen molar-refractivity contribution in [2.24, 2.45) is 11.5 Å². The molecule has 0 heterocycles. The molecule has 1 atom stereocenters. The normalized spacial score (nSPS) is 11.5. The minimum atomic E-state index is -1.13. The Hall–Kier alpha value is -2.68. The van der Waals surface area contributed by atoms with Gasteiger partial charge in [0, 0.05) is 12.6 Å². The van der Waals surface area contributed by atoms with Crippen molar-refractivity contribution in [3.63, 3.8) is 0 Å². The van der Waals surface area contributed by atoms with Crippen LogP contribution in [0, 0.1) is 10.1 Å². The fraction of sp³-hybridized carbons (Fsp3) is 0.273. The monoisotopic (exact) mass is 282 g/mol. The molecule has 3 amide bonds. The molecule has 0 bridgehead atoms. The van der Waals surface area contributed by atoms with Crippen LogP contribution in [-0.2, 0) is 11.3 Å². The number of primary amides is 1. The van der Waals surface area contributed by atoms with Crippen LogP contribution in [0.2, 0.25) is 0 Å². The second-order valence-corrected chi connectivity index (χ2v) is 3.88. The number of nitrogens with zero attached hydrogens (tertiary/aromatic N) is 1. The highest BCUT2D eigenvalue weighted by molar-refractivity contribution is 5.95. The predicted octanol–water partition coefficient (Wildman–Crippen LogP) is 0.0157. The lowest BCUT2D eigenvalue weighted by molar-refractivity contribution is -0.386. The molecular formula is C11H14N4O5. The second-order valence-electron chi connectivity index (χ2n) is 3.88. The van der Waals surface area contributed by atoms with Gasteiger partial charge in [0.15, 0.2) is 11.9 Å². The first-order valence-corrected chi connectivity index (χ1v) is 5.59. The van der Waals surface area contributed by atoms with Gasteiger partial charge in [-0.15, -0.1) is 0 Å². The highest BCUT2D eigenvalue weighted by Gasteiger charge is 2.22. The fourth-order valence-corrected chi connectivity index (χ4v) is 1.40. The number of carbonyl (C=O) groups is 2. The van der Waals surface area contributed by atoms with Crippen molar-refractivity contribution in [3.8, 4) is 5.75 Å². The smallest absolute Gasteiger partial charge is 0.318 e. The topological polar surface area (TPSA) is 151 Å². The molecule has 0 saturated carbocycles. The lowest BCUT2D eigenvalue weighted by Gasteiger charge is -2.14. The van der Waals surface area contributed by atoms with Gasteiger partial charge in [0.2, 0.25) is 0 Å². The van der Waals surface area contributed by atoms with Crippen molar-refractivity contribution in [1.29, 1.82) is 0 Å². The van der Waals surface area contributed by atoms with Gasteiger partial charge in [-0.2, -0.15) is 0 Å². The van der Waals surface area contributed by atoms with E-state index < -0.39 is 23.0 Å². The van der Waals surface area contributed by atoms with Crippen molar-refractivity contribution in [1.82, 2.24) is 5.32 Å². The number of hydrogen-bond donors (Lipinski definition) is 3. The standard InChI is InChI=1S/C11H14N4O5/c1-6(10(16)14-11(13)17)20-9-4-7(5-12)2-3-8(9)15(18)19/h2-4,6H,5,12H2,1H3,(H3,13,14,16,17). The molecule has 9 heteroatoms. The number of ether oxygens (including phenoxy) is 1. The number of benzene rings is 1. The van der Waals surface area contributed by atoms with Crippen molar-refractivity contribution in [2.45, 2.75) is 19.6 Å². The zero-order chi connectivity index (χ0) is 15.3. The number of rotatable bonds is 5. The molecule has 5 N–H and O–H groups in total. The molecule has 0 aliphatic heterocycles. The van der Waals surface area contributed by atoms with E-state index in [0.29, 0.717) is 5.56 Å². The van der Waals surface area contributed by atoms with E-state index in [9.17, 15) is 19.7 Å². The van der Waals surface area contributed by atoms with Crippen molar-refractivity contribution < 1.29 is 19.2 Å². The maximum Gasteiger partial charge on any atom is 0.318 e. The predicted molar refractivity (Wildman–Crippen MR) is 68.8 cm³/mol. The highest BCUT2D eigenvalue weighted by atomic mass is 16.6. The van der Waals surface area contributed by atoms with Crippen LogP contribution in [0.15, 0.2) is 18.2 Å². The molecule has 9 nitrogen and oxygen atoms in total. The summed E-state index contributed by atoms with van der Waals surface area (Å²) in [5, 5.41) is 12.7. The summed E-state index contributed by atoms with van der Waals surface area (Å²) < 4.78 is 5.19. The van der Waals surface area contributed by atoms with Crippen LogP contribution < -0.4 is 21.5 Å². The van der Waals surface area contributed by atoms with Crippen LogP contribution in [-0.4, -0.2) is 23.0 Å². The average Bonchev–Trinajstić information content (AvgIpc) is 2.37. The molecule has 0 aromatic heterocycles. The number of carbonyl (C=O) groups excluding carboxylic acids is 2. The summed E-state index contributed by atoms with van der Waals surface area (Å²) in [5.74, 6) is -0.907. The Morgan fingerprint density at radius 2 is 2.15 bits per heavy atom. The zero-order valence-electron chi connectivity index (χ0n) is 10.7. The number of nitrogens with two attached hydrogens (primary N) is 2. The molecule has 1 aromatic rings. The van der Waals surface area contributed by atoms with E-state index in [-0.39, 0.29) is 18.0 Å². The van der Waals surface area contributed by atoms with Crippen LogP contribution in [0.1, 0.15) is 12.5 Å². The van der Waals surface area contributed by atoms with E-state index in [4.69, 9.17) is 16.2 Å². The summed E-state index contributed by atoms with van der Waals surface area (Å²) >= 11 is 0. The molecular weight excluding hydrogens is 268 g/mol. The van der Waals surface area contributed by atoms with Gasteiger partial charge in [0.25, 0.3) is 5.91 Å². The van der Waals surface area contributed by atoms with Gasteiger partial charge >= 0.3 is 11.7 Å². The van der Waals surface area contributed by atoms with Crippen LogP contribution in [0.25, 0.3) is 0 Å². The Kier molecular flexibility index (Phi) is 4.98. The summed E-state index contributed by atoms with van der Waals surface area (Å²) in [4.78, 5) is 32.2. The van der Waals surface area contributed by atoms with Crippen LogP contribution in [0.4, 0.5) is 10.5 Å². The lowest BCUT2D eigenvalue weighted by atomic mass is 10.2. The average molecular weight is 282 g/mol. The first-order chi connectivity index (χ1) is 9.35. The Balaban J connectivity index is 2.97. The van der Waals surface area contributed by atoms with Gasteiger partial charge in [0.1, 0.15) is 0 Å². The summed E-state index contributed by atoms with van der Waals surface area (Å²) in [6, 6.07) is 3.05. The Bertz CT molecular complexity index is 546. The largest absolute Gasteiger partial charge is 0.474 e. The van der Waals surface area contributed by atoms with Crippen molar-refractivity contribution >= 4 is 17.6 Å². The third-order valence-electron chi connectivity index (χ3n) is 2.38. The van der Waals surface area contributed by atoms with Gasteiger partial charge in [-0.1, -0.05) is 6.07 Å². The highest BCUT2D eigenvalue weighted by Crippen LogP contribution is 2.28. The Labute approximate surface area is 114 Å². The Morgan fingerprint density at radius 3 is 2.65 bits per heavy atom. The Morgan fingerprint density at radius 1 is 1.50 bits per heavy atom. The molecule has 1 rings (SSSR count). The summed E-state index contributed by atoms with van der Waals surface area (Å²) in [5.41, 5.74) is 10.5. The maximum atomic E-state index is 11.5. The summed E-state index contributed by atoms with van der Waals surface area (Å²) in [6.45, 7) is 1.49. The van der Waals surface area contributed by atoms with E-state index in [1.165, 1.54) is 25.1 Å². The van der Waals surface area contributed by atoms with Crippen LogP contribution >= 0.6 is 0 Å². The van der Waals surface area contributed by atoms with E-state index in [1.807, 2.05) is 5.32 Å². The van der Waals surface area contributed by atoms with Crippen LogP contribution in [0.3, 0.4) is 0 Å². The molecule has 0 fully saturated rings.